The average Bonchev–Trinajstić information content (AvgIpc) is 2.20. The summed E-state index contributed by atoms with van der Waals surface area (Å²) in [7, 11) is 1.79. The van der Waals surface area contributed by atoms with Gasteiger partial charge in [-0.15, -0.1) is 0 Å². The van der Waals surface area contributed by atoms with E-state index in [0.717, 1.165) is 18.4 Å². The molecule has 0 N–H and O–H groups in total. The van der Waals surface area contributed by atoms with Crippen LogP contribution >= 0.6 is 0 Å². The first-order valence-electron chi connectivity index (χ1n) is 4.36. The molecule has 1 heterocycles. The molecular formula is C10H14N2O. The highest BCUT2D eigenvalue weighted by Crippen LogP contribution is 2.19. The van der Waals surface area contributed by atoms with Crippen LogP contribution in [0.15, 0.2) is 24.5 Å². The van der Waals surface area contributed by atoms with Gasteiger partial charge < -0.3 is 4.90 Å². The molecule has 1 aromatic rings. The minimum absolute atomic E-state index is 0.145. The number of rotatable bonds is 4. The number of hydrogen-bond donors (Lipinski definition) is 0. The van der Waals surface area contributed by atoms with Crippen molar-refractivity contribution in [1.29, 1.82) is 0 Å². The molecule has 1 atom stereocenters. The van der Waals surface area contributed by atoms with Gasteiger partial charge in [-0.25, -0.2) is 0 Å². The predicted molar refractivity (Wildman–Crippen MR) is 51.1 cm³/mol. The summed E-state index contributed by atoms with van der Waals surface area (Å²) in [5, 5.41) is 0. The number of amides is 1. The van der Waals surface area contributed by atoms with Gasteiger partial charge in [0.15, 0.2) is 0 Å². The molecule has 0 fully saturated rings. The van der Waals surface area contributed by atoms with E-state index in [4.69, 9.17) is 0 Å². The molecular weight excluding hydrogens is 164 g/mol. The van der Waals surface area contributed by atoms with Crippen LogP contribution in [0, 0.1) is 0 Å². The van der Waals surface area contributed by atoms with E-state index in [-0.39, 0.29) is 6.04 Å². The average molecular weight is 178 g/mol. The summed E-state index contributed by atoms with van der Waals surface area (Å²) in [6, 6.07) is 4.02. The van der Waals surface area contributed by atoms with Crippen molar-refractivity contribution in [1.82, 2.24) is 9.88 Å². The molecule has 0 unspecified atom stereocenters. The smallest absolute Gasteiger partial charge is 0.209 e. The van der Waals surface area contributed by atoms with Gasteiger partial charge in [-0.1, -0.05) is 13.0 Å². The van der Waals surface area contributed by atoms with Gasteiger partial charge in [0.25, 0.3) is 0 Å². The molecule has 1 aromatic heterocycles. The molecule has 0 saturated carbocycles. The van der Waals surface area contributed by atoms with Crippen molar-refractivity contribution in [2.75, 3.05) is 7.05 Å². The maximum absolute atomic E-state index is 10.6. The van der Waals surface area contributed by atoms with E-state index in [1.807, 2.05) is 12.1 Å². The molecule has 1 rings (SSSR count). The summed E-state index contributed by atoms with van der Waals surface area (Å²) in [6.45, 7) is 2.05. The van der Waals surface area contributed by atoms with Gasteiger partial charge in [0, 0.05) is 19.4 Å². The molecule has 3 nitrogen and oxygen atoms in total. The van der Waals surface area contributed by atoms with Crippen molar-refractivity contribution in [3.05, 3.63) is 30.1 Å². The minimum Gasteiger partial charge on any atom is -0.341 e. The number of pyridine rings is 1. The van der Waals surface area contributed by atoms with Crippen LogP contribution in [0.1, 0.15) is 24.9 Å². The van der Waals surface area contributed by atoms with Gasteiger partial charge in [-0.2, -0.15) is 0 Å². The first-order valence-corrected chi connectivity index (χ1v) is 4.36. The van der Waals surface area contributed by atoms with Crippen LogP contribution < -0.4 is 0 Å². The fraction of sp³-hybridized carbons (Fsp3) is 0.400. The largest absolute Gasteiger partial charge is 0.341 e. The molecule has 0 aliphatic rings. The van der Waals surface area contributed by atoms with Crippen LogP contribution in [0.25, 0.3) is 0 Å². The Morgan fingerprint density at radius 1 is 1.69 bits per heavy atom. The van der Waals surface area contributed by atoms with Crippen molar-refractivity contribution in [3.8, 4) is 0 Å². The molecule has 0 spiro atoms. The molecule has 1 amide bonds. The van der Waals surface area contributed by atoms with Crippen molar-refractivity contribution < 1.29 is 4.79 Å². The van der Waals surface area contributed by atoms with Crippen LogP contribution in [0.5, 0.6) is 0 Å². The van der Waals surface area contributed by atoms with E-state index in [2.05, 4.69) is 11.9 Å². The zero-order valence-electron chi connectivity index (χ0n) is 7.97. The third kappa shape index (κ3) is 2.28. The molecule has 0 aliphatic heterocycles. The summed E-state index contributed by atoms with van der Waals surface area (Å²) in [4.78, 5) is 16.3. The van der Waals surface area contributed by atoms with Crippen LogP contribution in [-0.2, 0) is 4.79 Å². The van der Waals surface area contributed by atoms with E-state index in [9.17, 15) is 4.79 Å². The van der Waals surface area contributed by atoms with E-state index >= 15 is 0 Å². The number of nitrogens with zero attached hydrogens (tertiary/aromatic N) is 2. The summed E-state index contributed by atoms with van der Waals surface area (Å²) >= 11 is 0. The van der Waals surface area contributed by atoms with Gasteiger partial charge in [0.1, 0.15) is 0 Å². The molecule has 0 radical (unpaired) electrons. The second-order valence-corrected chi connectivity index (χ2v) is 2.98. The van der Waals surface area contributed by atoms with Gasteiger partial charge in [0.05, 0.1) is 6.04 Å². The van der Waals surface area contributed by atoms with Gasteiger partial charge in [-0.3, -0.25) is 9.78 Å². The summed E-state index contributed by atoms with van der Waals surface area (Å²) in [5.41, 5.74) is 1.08. The lowest BCUT2D eigenvalue weighted by atomic mass is 10.1. The summed E-state index contributed by atoms with van der Waals surface area (Å²) in [6.07, 6.45) is 5.29. The zero-order chi connectivity index (χ0) is 9.68. The maximum atomic E-state index is 10.6. The Morgan fingerprint density at radius 3 is 2.92 bits per heavy atom. The van der Waals surface area contributed by atoms with Gasteiger partial charge in [-0.05, 0) is 18.1 Å². The molecule has 0 bridgehead atoms. The first kappa shape index (κ1) is 9.71. The lowest BCUT2D eigenvalue weighted by Crippen LogP contribution is -2.22. The molecule has 0 aromatic carbocycles. The quantitative estimate of drug-likeness (QED) is 0.656. The van der Waals surface area contributed by atoms with Crippen molar-refractivity contribution in [3.63, 3.8) is 0 Å². The fourth-order valence-corrected chi connectivity index (χ4v) is 1.41. The van der Waals surface area contributed by atoms with E-state index in [1.54, 1.807) is 24.3 Å². The van der Waals surface area contributed by atoms with Crippen LogP contribution in [0.3, 0.4) is 0 Å². The number of hydrogen-bond acceptors (Lipinski definition) is 2. The Hall–Kier alpha value is -1.38. The normalized spacial score (nSPS) is 12.2. The zero-order valence-corrected chi connectivity index (χ0v) is 7.97. The molecule has 0 saturated heterocycles. The highest BCUT2D eigenvalue weighted by molar-refractivity contribution is 5.47. The Balaban J connectivity index is 2.84. The fourth-order valence-electron chi connectivity index (χ4n) is 1.41. The van der Waals surface area contributed by atoms with Crippen LogP contribution in [0.2, 0.25) is 0 Å². The Kier molecular flexibility index (Phi) is 3.43. The number of carbonyl (C=O) groups is 1. The Labute approximate surface area is 78.4 Å². The third-order valence-electron chi connectivity index (χ3n) is 2.11. The van der Waals surface area contributed by atoms with Crippen LogP contribution in [0.4, 0.5) is 0 Å². The van der Waals surface area contributed by atoms with Crippen LogP contribution in [-0.4, -0.2) is 23.3 Å². The third-order valence-corrected chi connectivity index (χ3v) is 2.11. The van der Waals surface area contributed by atoms with Gasteiger partial charge >= 0.3 is 0 Å². The second kappa shape index (κ2) is 4.60. The van der Waals surface area contributed by atoms with Gasteiger partial charge in [0.2, 0.25) is 6.41 Å². The summed E-state index contributed by atoms with van der Waals surface area (Å²) < 4.78 is 0. The second-order valence-electron chi connectivity index (χ2n) is 2.98. The number of aromatic nitrogens is 1. The Bertz CT molecular complexity index is 261. The van der Waals surface area contributed by atoms with E-state index < -0.39 is 0 Å². The lowest BCUT2D eigenvalue weighted by Gasteiger charge is -2.22. The minimum atomic E-state index is 0.145. The highest BCUT2D eigenvalue weighted by atomic mass is 16.1. The molecule has 0 aliphatic carbocycles. The Morgan fingerprint density at radius 2 is 2.46 bits per heavy atom. The van der Waals surface area contributed by atoms with E-state index in [1.165, 1.54) is 0 Å². The molecule has 70 valence electrons. The first-order chi connectivity index (χ1) is 6.29. The molecule has 3 heteroatoms. The number of carbonyl (C=O) groups excluding carboxylic acids is 1. The molecule has 13 heavy (non-hydrogen) atoms. The van der Waals surface area contributed by atoms with E-state index in [0.29, 0.717) is 0 Å². The van der Waals surface area contributed by atoms with Crippen molar-refractivity contribution in [2.24, 2.45) is 0 Å². The lowest BCUT2D eigenvalue weighted by molar-refractivity contribution is -0.119. The predicted octanol–water partition coefficient (Wildman–Crippen LogP) is 1.62. The van der Waals surface area contributed by atoms with Crippen molar-refractivity contribution >= 4 is 6.41 Å². The SMILES string of the molecule is CC[C@H](c1cccnc1)N(C)C=O. The van der Waals surface area contributed by atoms with Crippen molar-refractivity contribution in [2.45, 2.75) is 19.4 Å². The highest BCUT2D eigenvalue weighted by Gasteiger charge is 2.12. The summed E-state index contributed by atoms with van der Waals surface area (Å²) in [5.74, 6) is 0. The standard InChI is InChI=1S/C10H14N2O/c1-3-10(12(2)8-13)9-5-4-6-11-7-9/h4-8,10H,3H2,1-2H3/t10-/m1/s1. The monoisotopic (exact) mass is 178 g/mol. The topological polar surface area (TPSA) is 33.2 Å². The maximum Gasteiger partial charge on any atom is 0.209 e.